The molecular formula is C28H48N10O9. The van der Waals surface area contributed by atoms with Crippen LogP contribution in [-0.2, 0) is 43.2 Å². The lowest BCUT2D eigenvalue weighted by Crippen LogP contribution is -2.58. The molecule has 1 aliphatic heterocycles. The summed E-state index contributed by atoms with van der Waals surface area (Å²) in [7, 11) is 0. The second kappa shape index (κ2) is 18.4. The van der Waals surface area contributed by atoms with Gasteiger partial charge in [0.1, 0.15) is 42.3 Å². The minimum Gasteiger partial charge on any atom is -0.368 e. The van der Waals surface area contributed by atoms with Crippen molar-refractivity contribution < 1.29 is 43.2 Å². The molecule has 11 N–H and O–H groups in total. The molecule has 0 radical (unpaired) electrons. The van der Waals surface area contributed by atoms with Gasteiger partial charge in [-0.15, -0.1) is 0 Å². The van der Waals surface area contributed by atoms with Crippen LogP contribution < -0.4 is 48.7 Å². The monoisotopic (exact) mass is 668 g/mol. The van der Waals surface area contributed by atoms with Crippen molar-refractivity contribution in [1.82, 2.24) is 42.1 Å². The van der Waals surface area contributed by atoms with Gasteiger partial charge >= 0.3 is 0 Å². The summed E-state index contributed by atoms with van der Waals surface area (Å²) in [6.07, 6.45) is 0.893. The number of nitrogens with two attached hydrogens (primary N) is 2. The van der Waals surface area contributed by atoms with E-state index in [-0.39, 0.29) is 6.54 Å². The standard InChI is InChI=1S/C28H48N10O9/c1-12(29)22(41)37-18(7)28(47)38-10-8-9-19(38)27(46)36-17(6)26(45)35-16(5)25(44)34-15(4)24(43)33-14(3)23(42)31-11-20(39)32-13(2)21(30)40/h12-19H,8-11,29H2,1-7H3,(H2,30,40)(H,31,42)(H,32,39)(H,33,43)(H,34,44)(H,35,45)(H,36,46)(H,37,41)/t12-,13+,14+,15+,16+,17+,18+,19+/m1/s1. The van der Waals surface area contributed by atoms with E-state index in [1.807, 2.05) is 0 Å². The highest BCUT2D eigenvalue weighted by Gasteiger charge is 2.37. The first-order valence-corrected chi connectivity index (χ1v) is 15.2. The van der Waals surface area contributed by atoms with Gasteiger partial charge in [0.05, 0.1) is 12.6 Å². The number of carbonyl (C=O) groups excluding carboxylic acids is 9. The summed E-state index contributed by atoms with van der Waals surface area (Å²) < 4.78 is 0. The van der Waals surface area contributed by atoms with Crippen molar-refractivity contribution in [3.05, 3.63) is 0 Å². The van der Waals surface area contributed by atoms with E-state index in [0.717, 1.165) is 0 Å². The van der Waals surface area contributed by atoms with Gasteiger partial charge in [0.25, 0.3) is 0 Å². The van der Waals surface area contributed by atoms with Crippen molar-refractivity contribution in [2.45, 2.75) is 110 Å². The highest BCUT2D eigenvalue weighted by molar-refractivity contribution is 5.97. The molecule has 0 aromatic carbocycles. The zero-order chi connectivity index (χ0) is 36.2. The van der Waals surface area contributed by atoms with Crippen molar-refractivity contribution in [2.75, 3.05) is 13.1 Å². The first-order valence-electron chi connectivity index (χ1n) is 15.2. The smallest absolute Gasteiger partial charge is 0.245 e. The molecule has 1 aliphatic rings. The zero-order valence-corrected chi connectivity index (χ0v) is 27.7. The van der Waals surface area contributed by atoms with Crippen molar-refractivity contribution >= 4 is 53.2 Å². The van der Waals surface area contributed by atoms with E-state index >= 15 is 0 Å². The fourth-order valence-corrected chi connectivity index (χ4v) is 4.23. The number of nitrogens with zero attached hydrogens (tertiary/aromatic N) is 1. The molecule has 0 saturated carbocycles. The molecule has 47 heavy (non-hydrogen) atoms. The van der Waals surface area contributed by atoms with E-state index in [2.05, 4.69) is 37.2 Å². The second-order valence-corrected chi connectivity index (χ2v) is 11.5. The van der Waals surface area contributed by atoms with E-state index in [4.69, 9.17) is 11.5 Å². The largest absolute Gasteiger partial charge is 0.368 e. The summed E-state index contributed by atoms with van der Waals surface area (Å²) >= 11 is 0. The normalized spacial score (nSPS) is 18.5. The van der Waals surface area contributed by atoms with Gasteiger partial charge in [-0.05, 0) is 61.3 Å². The summed E-state index contributed by atoms with van der Waals surface area (Å²) in [5, 5.41) is 16.9. The summed E-state index contributed by atoms with van der Waals surface area (Å²) in [5.74, 6) is -5.85. The Morgan fingerprint density at radius 2 is 1.06 bits per heavy atom. The van der Waals surface area contributed by atoms with Crippen LogP contribution in [0.3, 0.4) is 0 Å². The van der Waals surface area contributed by atoms with Crippen LogP contribution in [0.5, 0.6) is 0 Å². The molecule has 0 unspecified atom stereocenters. The fraction of sp³-hybridized carbons (Fsp3) is 0.679. The molecular weight excluding hydrogens is 620 g/mol. The number of hydrogen-bond donors (Lipinski definition) is 9. The van der Waals surface area contributed by atoms with Crippen LogP contribution in [0.2, 0.25) is 0 Å². The lowest BCUT2D eigenvalue weighted by Gasteiger charge is -2.28. The highest BCUT2D eigenvalue weighted by Crippen LogP contribution is 2.19. The van der Waals surface area contributed by atoms with Gasteiger partial charge in [-0.1, -0.05) is 0 Å². The van der Waals surface area contributed by atoms with Crippen LogP contribution in [0.15, 0.2) is 0 Å². The minimum atomic E-state index is -1.13. The van der Waals surface area contributed by atoms with Gasteiger partial charge in [0.15, 0.2) is 0 Å². The van der Waals surface area contributed by atoms with Gasteiger partial charge < -0.3 is 53.6 Å². The summed E-state index contributed by atoms with van der Waals surface area (Å²) in [5.41, 5.74) is 10.6. The SMILES string of the molecule is C[C@H](NC(=O)CNC(=O)[C@H](C)NC(=O)[C@H](C)NC(=O)[C@H](C)NC(=O)[C@H](C)NC(=O)[C@@H]1CCCN1C(=O)[C@H](C)NC(=O)[C@@H](C)N)C(N)=O. The molecule has 0 aromatic rings. The van der Waals surface area contributed by atoms with Gasteiger partial charge in [0.2, 0.25) is 53.2 Å². The zero-order valence-electron chi connectivity index (χ0n) is 27.7. The van der Waals surface area contributed by atoms with Crippen LogP contribution in [0.25, 0.3) is 0 Å². The molecule has 19 heteroatoms. The van der Waals surface area contributed by atoms with Crippen molar-refractivity contribution in [3.63, 3.8) is 0 Å². The van der Waals surface area contributed by atoms with E-state index in [0.29, 0.717) is 12.8 Å². The Morgan fingerprint density at radius 1 is 0.617 bits per heavy atom. The van der Waals surface area contributed by atoms with Crippen LogP contribution >= 0.6 is 0 Å². The molecule has 9 amide bonds. The fourth-order valence-electron chi connectivity index (χ4n) is 4.23. The Labute approximate surface area is 272 Å². The molecule has 264 valence electrons. The first-order chi connectivity index (χ1) is 21.8. The Morgan fingerprint density at radius 3 is 1.53 bits per heavy atom. The second-order valence-electron chi connectivity index (χ2n) is 11.5. The molecule has 1 saturated heterocycles. The molecule has 1 fully saturated rings. The van der Waals surface area contributed by atoms with Crippen molar-refractivity contribution in [3.8, 4) is 0 Å². The quantitative estimate of drug-likeness (QED) is 0.0754. The lowest BCUT2D eigenvalue weighted by molar-refractivity contribution is -0.141. The lowest BCUT2D eigenvalue weighted by atomic mass is 10.1. The molecule has 1 rings (SSSR count). The number of nitrogens with one attached hydrogen (secondary N) is 7. The maximum absolute atomic E-state index is 13.0. The van der Waals surface area contributed by atoms with E-state index in [1.165, 1.54) is 53.4 Å². The Balaban J connectivity index is 2.58. The molecule has 1 heterocycles. The third-order valence-electron chi connectivity index (χ3n) is 7.22. The van der Waals surface area contributed by atoms with Crippen LogP contribution in [-0.4, -0.2) is 119 Å². The highest BCUT2D eigenvalue weighted by atomic mass is 16.2. The van der Waals surface area contributed by atoms with E-state index < -0.39 is 108 Å². The number of carbonyl (C=O) groups is 9. The van der Waals surface area contributed by atoms with Gasteiger partial charge in [-0.2, -0.15) is 0 Å². The Hall–Kier alpha value is -4.81. The average Bonchev–Trinajstić information content (AvgIpc) is 3.49. The molecule has 0 aliphatic carbocycles. The molecule has 0 bridgehead atoms. The molecule has 0 aromatic heterocycles. The maximum Gasteiger partial charge on any atom is 0.245 e. The number of primary amides is 1. The van der Waals surface area contributed by atoms with Crippen LogP contribution in [0.1, 0.15) is 61.3 Å². The summed E-state index contributed by atoms with van der Waals surface area (Å²) in [6, 6.07) is -7.96. The predicted octanol–water partition coefficient (Wildman–Crippen LogP) is -5.05. The molecule has 0 spiro atoms. The molecule has 8 atom stereocenters. The number of rotatable bonds is 16. The third-order valence-corrected chi connectivity index (χ3v) is 7.22. The van der Waals surface area contributed by atoms with Gasteiger partial charge in [-0.25, -0.2) is 0 Å². The van der Waals surface area contributed by atoms with Gasteiger partial charge in [0, 0.05) is 6.54 Å². The summed E-state index contributed by atoms with van der Waals surface area (Å²) in [4.78, 5) is 112. The number of amides is 9. The Kier molecular flexibility index (Phi) is 15.7. The average molecular weight is 669 g/mol. The molecule has 19 nitrogen and oxygen atoms in total. The summed E-state index contributed by atoms with van der Waals surface area (Å²) in [6.45, 7) is 9.62. The Bertz CT molecular complexity index is 1230. The van der Waals surface area contributed by atoms with Crippen molar-refractivity contribution in [2.24, 2.45) is 11.5 Å². The minimum absolute atomic E-state index is 0.289. The van der Waals surface area contributed by atoms with Gasteiger partial charge in [-0.3, -0.25) is 43.2 Å². The van der Waals surface area contributed by atoms with Crippen LogP contribution in [0, 0.1) is 0 Å². The van der Waals surface area contributed by atoms with Crippen LogP contribution in [0.4, 0.5) is 0 Å². The topological polar surface area (TPSA) is 293 Å². The third kappa shape index (κ3) is 12.8. The predicted molar refractivity (Wildman–Crippen MR) is 166 cm³/mol. The maximum atomic E-state index is 13.0. The van der Waals surface area contributed by atoms with Crippen molar-refractivity contribution in [1.29, 1.82) is 0 Å². The van der Waals surface area contributed by atoms with E-state index in [1.54, 1.807) is 0 Å². The van der Waals surface area contributed by atoms with E-state index in [9.17, 15) is 43.2 Å². The first kappa shape index (κ1) is 40.2. The number of hydrogen-bond acceptors (Lipinski definition) is 10. The number of likely N-dealkylation sites (tertiary alicyclic amines) is 1.